The zero-order valence-corrected chi connectivity index (χ0v) is 33.5. The van der Waals surface area contributed by atoms with E-state index in [9.17, 15) is 37.1 Å². The summed E-state index contributed by atoms with van der Waals surface area (Å²) >= 11 is 0. The molecule has 0 saturated carbocycles. The summed E-state index contributed by atoms with van der Waals surface area (Å²) in [6.07, 6.45) is 1.48. The molecular formula is C44H46F3N9O5. The smallest absolute Gasteiger partial charge is 0.371 e. The van der Waals surface area contributed by atoms with Crippen molar-refractivity contribution in [3.8, 4) is 6.07 Å². The lowest BCUT2D eigenvalue weighted by molar-refractivity contribution is -0.138. The molecule has 2 N–H and O–H groups in total. The van der Waals surface area contributed by atoms with Gasteiger partial charge in [0, 0.05) is 82.6 Å². The molecular weight excluding hydrogens is 792 g/mol. The largest absolute Gasteiger partial charge is 0.417 e. The Morgan fingerprint density at radius 2 is 1.51 bits per heavy atom. The molecule has 7 heterocycles. The number of rotatable bonds is 8. The fourth-order valence-electron chi connectivity index (χ4n) is 10.2. The van der Waals surface area contributed by atoms with Crippen LogP contribution in [0.15, 0.2) is 54.7 Å². The number of alkyl halides is 3. The maximum atomic E-state index is 13.5. The number of nitrogens with one attached hydrogen (secondary N) is 2. The van der Waals surface area contributed by atoms with Gasteiger partial charge in [-0.2, -0.15) is 18.4 Å². The summed E-state index contributed by atoms with van der Waals surface area (Å²) in [5.41, 5.74) is 1.77. The van der Waals surface area contributed by atoms with Crippen LogP contribution in [-0.4, -0.2) is 109 Å². The minimum absolute atomic E-state index is 0.0823. The third-order valence-corrected chi connectivity index (χ3v) is 13.6. The number of imide groups is 2. The van der Waals surface area contributed by atoms with Crippen LogP contribution in [-0.2, 0) is 20.6 Å². The first-order valence-electron chi connectivity index (χ1n) is 21.0. The second-order valence-corrected chi connectivity index (χ2v) is 17.4. The number of pyridine rings is 1. The number of likely N-dealkylation sites (tertiary alicyclic amines) is 1. The van der Waals surface area contributed by atoms with Crippen molar-refractivity contribution in [3.63, 3.8) is 0 Å². The van der Waals surface area contributed by atoms with Gasteiger partial charge in [0.1, 0.15) is 11.9 Å². The molecule has 5 amide bonds. The molecule has 0 aliphatic carbocycles. The highest BCUT2D eigenvalue weighted by Crippen LogP contribution is 2.43. The van der Waals surface area contributed by atoms with E-state index in [2.05, 4.69) is 30.3 Å². The molecule has 6 aliphatic heterocycles. The van der Waals surface area contributed by atoms with Crippen molar-refractivity contribution in [2.24, 2.45) is 17.3 Å². The highest BCUT2D eigenvalue weighted by Gasteiger charge is 2.47. The van der Waals surface area contributed by atoms with E-state index in [-0.39, 0.29) is 35.6 Å². The Morgan fingerprint density at radius 3 is 2.20 bits per heavy atom. The molecule has 14 nitrogen and oxygen atoms in total. The number of nitrogens with zero attached hydrogens (tertiary/aromatic N) is 7. The summed E-state index contributed by atoms with van der Waals surface area (Å²) in [7, 11) is 0. The first-order valence-corrected chi connectivity index (χ1v) is 21.0. The average molecular weight is 838 g/mol. The second kappa shape index (κ2) is 15.8. The molecule has 2 atom stereocenters. The lowest BCUT2D eigenvalue weighted by Gasteiger charge is -2.55. The van der Waals surface area contributed by atoms with Gasteiger partial charge in [0.2, 0.25) is 17.7 Å². The van der Waals surface area contributed by atoms with Gasteiger partial charge in [0.25, 0.3) is 11.8 Å². The van der Waals surface area contributed by atoms with Gasteiger partial charge in [0.05, 0.1) is 40.2 Å². The van der Waals surface area contributed by atoms with Crippen LogP contribution in [0.25, 0.3) is 0 Å². The van der Waals surface area contributed by atoms with Crippen LogP contribution in [0.1, 0.15) is 76.8 Å². The Hall–Kier alpha value is -6.02. The number of halogens is 3. The number of aromatic nitrogens is 1. The topological polar surface area (TPSA) is 162 Å². The quantitative estimate of drug-likeness (QED) is 0.304. The normalized spacial score (nSPS) is 23.2. The van der Waals surface area contributed by atoms with Crippen LogP contribution in [0.4, 0.5) is 36.1 Å². The number of anilines is 4. The lowest BCUT2D eigenvalue weighted by atomic mass is 9.71. The van der Waals surface area contributed by atoms with Gasteiger partial charge in [0.15, 0.2) is 0 Å². The van der Waals surface area contributed by atoms with Gasteiger partial charge < -0.3 is 24.9 Å². The Kier molecular flexibility index (Phi) is 10.5. The molecule has 1 aromatic heterocycles. The summed E-state index contributed by atoms with van der Waals surface area (Å²) < 4.78 is 40.4. The Balaban J connectivity index is 0.705. The molecule has 318 valence electrons. The highest BCUT2D eigenvalue weighted by molar-refractivity contribution is 6.23. The Bertz CT molecular complexity index is 2310. The first-order chi connectivity index (χ1) is 29.3. The molecule has 2 aromatic carbocycles. The fraction of sp³-hybridized carbons (Fsp3) is 0.477. The van der Waals surface area contributed by atoms with E-state index >= 15 is 0 Å². The van der Waals surface area contributed by atoms with Crippen LogP contribution in [0.2, 0.25) is 0 Å². The number of piperidine rings is 3. The third kappa shape index (κ3) is 7.89. The van der Waals surface area contributed by atoms with E-state index in [1.54, 1.807) is 24.4 Å². The molecule has 3 aromatic rings. The number of amides is 5. The minimum atomic E-state index is -4.63. The zero-order valence-electron chi connectivity index (χ0n) is 33.5. The summed E-state index contributed by atoms with van der Waals surface area (Å²) in [4.78, 5) is 78.2. The van der Waals surface area contributed by atoms with Crippen molar-refractivity contribution in [2.45, 2.75) is 57.2 Å². The van der Waals surface area contributed by atoms with E-state index in [0.717, 1.165) is 87.4 Å². The first kappa shape index (κ1) is 40.4. The van der Waals surface area contributed by atoms with Gasteiger partial charge in [-0.1, -0.05) is 0 Å². The highest BCUT2D eigenvalue weighted by atomic mass is 19.4. The Labute approximate surface area is 350 Å². The van der Waals surface area contributed by atoms with Gasteiger partial charge >= 0.3 is 6.18 Å². The van der Waals surface area contributed by atoms with Gasteiger partial charge in [-0.3, -0.25) is 34.2 Å². The minimum Gasteiger partial charge on any atom is -0.371 e. The van der Waals surface area contributed by atoms with Crippen molar-refractivity contribution in [3.05, 3.63) is 77.0 Å². The van der Waals surface area contributed by atoms with Crippen LogP contribution in [0.5, 0.6) is 0 Å². The maximum absolute atomic E-state index is 13.5. The molecule has 9 rings (SSSR count). The number of fused-ring (bicyclic) bond motifs is 1. The summed E-state index contributed by atoms with van der Waals surface area (Å²) in [6, 6.07) is 13.5. The average Bonchev–Trinajstić information content (AvgIpc) is 3.81. The summed E-state index contributed by atoms with van der Waals surface area (Å²) in [5.74, 6) is -1.47. The van der Waals surface area contributed by atoms with Crippen molar-refractivity contribution < 1.29 is 37.1 Å². The van der Waals surface area contributed by atoms with Gasteiger partial charge in [-0.05, 0) is 98.4 Å². The molecule has 0 bridgehead atoms. The van der Waals surface area contributed by atoms with E-state index in [1.807, 2.05) is 23.1 Å². The standard InChI is InChI=1S/C44H46F3N9O5/c45-44(46,47)35-20-31(2-1-29(35)21-48)53-15-10-28(11-16-53)39(58)50-37-7-4-32(22-49-37)55-14-9-27(24-55)23-52-25-43(26-52)12-17-54(18-13-43)30-3-5-33-34(19-30)42(61)56(41(33)60)36-6-8-38(57)51-40(36)59/h1-5,7,19-20,22,27-28,36H,6,8-18,23-26H2,(H,49,50,58)(H,51,57,59)/t27-,36?/m0/s1. The SMILES string of the molecule is N#Cc1ccc(N2CCC(C(=O)Nc3ccc(N4CC[C@@H](CN5CC6(CCN(c7ccc8c(c7)C(=O)N(C7CCC(=O)NC7=O)C8=O)CC6)C5)C4)cn3)CC2)cc1C(F)(F)F. The van der Waals surface area contributed by atoms with Crippen molar-refractivity contribution in [1.29, 1.82) is 5.26 Å². The van der Waals surface area contributed by atoms with Crippen molar-refractivity contribution in [1.82, 2.24) is 20.1 Å². The molecule has 0 radical (unpaired) electrons. The summed E-state index contributed by atoms with van der Waals surface area (Å²) in [5, 5.41) is 14.3. The number of carbonyl (C=O) groups excluding carboxylic acids is 5. The van der Waals surface area contributed by atoms with Gasteiger partial charge in [-0.25, -0.2) is 4.98 Å². The van der Waals surface area contributed by atoms with Crippen molar-refractivity contribution in [2.75, 3.05) is 78.9 Å². The molecule has 17 heteroatoms. The number of hydrogen-bond donors (Lipinski definition) is 2. The third-order valence-electron chi connectivity index (χ3n) is 13.6. The number of carbonyl (C=O) groups is 5. The van der Waals surface area contributed by atoms with Crippen molar-refractivity contribution >= 4 is 52.4 Å². The molecule has 6 aliphatic rings. The van der Waals surface area contributed by atoms with Crippen LogP contribution < -0.4 is 25.3 Å². The van der Waals surface area contributed by atoms with E-state index in [1.165, 1.54) is 12.1 Å². The van der Waals surface area contributed by atoms with E-state index < -0.39 is 47.0 Å². The van der Waals surface area contributed by atoms with Crippen LogP contribution in [0.3, 0.4) is 0 Å². The predicted octanol–water partition coefficient (Wildman–Crippen LogP) is 4.66. The molecule has 5 fully saturated rings. The fourth-order valence-corrected chi connectivity index (χ4v) is 10.2. The number of benzene rings is 2. The second-order valence-electron chi connectivity index (χ2n) is 17.4. The molecule has 5 saturated heterocycles. The maximum Gasteiger partial charge on any atom is 0.417 e. The zero-order chi connectivity index (χ0) is 42.6. The molecule has 1 spiro atoms. The number of hydrogen-bond acceptors (Lipinski definition) is 11. The molecule has 1 unspecified atom stereocenters. The Morgan fingerprint density at radius 1 is 0.836 bits per heavy atom. The predicted molar refractivity (Wildman–Crippen MR) is 218 cm³/mol. The molecule has 61 heavy (non-hydrogen) atoms. The lowest BCUT2D eigenvalue weighted by Crippen LogP contribution is -2.61. The van der Waals surface area contributed by atoms with E-state index in [4.69, 9.17) is 5.26 Å². The summed E-state index contributed by atoms with van der Waals surface area (Å²) in [6.45, 7) is 7.52. The van der Waals surface area contributed by atoms with Gasteiger partial charge in [-0.15, -0.1) is 0 Å². The van der Waals surface area contributed by atoms with Crippen LogP contribution in [0, 0.1) is 28.6 Å². The number of nitriles is 1. The van der Waals surface area contributed by atoms with Crippen LogP contribution >= 0.6 is 0 Å². The van der Waals surface area contributed by atoms with E-state index in [0.29, 0.717) is 48.9 Å². The monoisotopic (exact) mass is 837 g/mol.